The Morgan fingerprint density at radius 2 is 1.87 bits per heavy atom. The van der Waals surface area contributed by atoms with Gasteiger partial charge >= 0.3 is 5.97 Å². The smallest absolute Gasteiger partial charge is 0.338 e. The van der Waals surface area contributed by atoms with Crippen LogP contribution in [0.1, 0.15) is 28.4 Å². The van der Waals surface area contributed by atoms with Crippen LogP contribution in [0.4, 0.5) is 14.6 Å². The van der Waals surface area contributed by atoms with Gasteiger partial charge in [0.05, 0.1) is 18.4 Å². The van der Waals surface area contributed by atoms with E-state index < -0.39 is 11.6 Å². The summed E-state index contributed by atoms with van der Waals surface area (Å²) < 4.78 is 33.1. The molecular weight excluding hydrogens is 456 g/mol. The van der Waals surface area contributed by atoms with Gasteiger partial charge in [-0.3, -0.25) is 0 Å². The number of methoxy groups -OCH3 is 1. The lowest BCUT2D eigenvalue weighted by atomic mass is 10.00. The number of aromatic nitrogens is 2. The third-order valence-corrected chi connectivity index (χ3v) is 5.10. The summed E-state index contributed by atoms with van der Waals surface area (Å²) in [5.41, 5.74) is 2.89. The zero-order valence-corrected chi connectivity index (χ0v) is 18.1. The summed E-state index contributed by atoms with van der Waals surface area (Å²) in [5, 5.41) is 3.07. The first kappa shape index (κ1) is 21.8. The number of anilines is 1. The summed E-state index contributed by atoms with van der Waals surface area (Å²) in [7, 11) is 1.35. The van der Waals surface area contributed by atoms with Gasteiger partial charge in [-0.05, 0) is 42.7 Å². The summed E-state index contributed by atoms with van der Waals surface area (Å²) in [4.78, 5) is 20.3. The first-order valence-corrected chi connectivity index (χ1v) is 10.1. The highest BCUT2D eigenvalue weighted by molar-refractivity contribution is 9.10. The molecule has 8 heteroatoms. The molecule has 0 spiro atoms. The van der Waals surface area contributed by atoms with Gasteiger partial charge in [0, 0.05) is 28.2 Å². The number of esters is 1. The highest BCUT2D eigenvalue weighted by Crippen LogP contribution is 2.24. The van der Waals surface area contributed by atoms with E-state index in [2.05, 4.69) is 31.2 Å². The second-order valence-electron chi connectivity index (χ2n) is 6.53. The van der Waals surface area contributed by atoms with Gasteiger partial charge in [-0.25, -0.2) is 23.5 Å². The third-order valence-electron chi connectivity index (χ3n) is 4.64. The number of carbonyl (C=O) groups is 1. The minimum atomic E-state index is -0.593. The van der Waals surface area contributed by atoms with Gasteiger partial charge < -0.3 is 10.1 Å². The molecule has 5 nitrogen and oxygen atoms in total. The zero-order valence-electron chi connectivity index (χ0n) is 16.5. The monoisotopic (exact) mass is 475 g/mol. The Morgan fingerprint density at radius 1 is 1.13 bits per heavy atom. The van der Waals surface area contributed by atoms with Crippen molar-refractivity contribution in [3.8, 4) is 11.3 Å². The topological polar surface area (TPSA) is 64.1 Å². The molecule has 0 saturated carbocycles. The molecule has 0 amide bonds. The number of rotatable bonds is 7. The zero-order chi connectivity index (χ0) is 21.7. The maximum Gasteiger partial charge on any atom is 0.338 e. The Kier molecular flexibility index (Phi) is 7.10. The minimum absolute atomic E-state index is 0.0194. The van der Waals surface area contributed by atoms with Crippen molar-refractivity contribution in [1.82, 2.24) is 9.97 Å². The van der Waals surface area contributed by atoms with Gasteiger partial charge in [0.2, 0.25) is 0 Å². The quantitative estimate of drug-likeness (QED) is 0.476. The summed E-state index contributed by atoms with van der Waals surface area (Å²) in [5.74, 6) is -1.03. The standard InChI is InChI=1S/C22H20BrF2N3O2/c1-3-13-8-14(4-5-16(13)22(29)30-2)20-11-21(28-12-27-20)26-7-6-17-18(24)9-15(23)10-19(17)25/h4-5,8-12H,3,6-7H2,1-2H3,(H,26,27,28). The van der Waals surface area contributed by atoms with Crippen LogP contribution in [0.5, 0.6) is 0 Å². The molecule has 1 N–H and O–H groups in total. The third kappa shape index (κ3) is 4.99. The number of nitrogens with zero attached hydrogens (tertiary/aromatic N) is 2. The van der Waals surface area contributed by atoms with Gasteiger partial charge in [-0.1, -0.05) is 28.9 Å². The van der Waals surface area contributed by atoms with Gasteiger partial charge in [-0.15, -0.1) is 0 Å². The van der Waals surface area contributed by atoms with Crippen molar-refractivity contribution in [2.45, 2.75) is 19.8 Å². The Balaban J connectivity index is 1.75. The molecule has 0 aliphatic rings. The van der Waals surface area contributed by atoms with E-state index in [9.17, 15) is 13.6 Å². The van der Waals surface area contributed by atoms with Crippen LogP contribution < -0.4 is 5.32 Å². The van der Waals surface area contributed by atoms with Crippen LogP contribution >= 0.6 is 15.9 Å². The second kappa shape index (κ2) is 9.75. The van der Waals surface area contributed by atoms with Crippen molar-refractivity contribution in [3.05, 3.63) is 75.5 Å². The van der Waals surface area contributed by atoms with Gasteiger partial charge in [-0.2, -0.15) is 0 Å². The van der Waals surface area contributed by atoms with E-state index in [0.29, 0.717) is 34.5 Å². The van der Waals surface area contributed by atoms with E-state index in [1.807, 2.05) is 13.0 Å². The highest BCUT2D eigenvalue weighted by atomic mass is 79.9. The summed E-state index contributed by atoms with van der Waals surface area (Å²) in [6.45, 7) is 2.26. The van der Waals surface area contributed by atoms with E-state index in [1.54, 1.807) is 18.2 Å². The molecule has 3 rings (SSSR count). The van der Waals surface area contributed by atoms with Crippen LogP contribution in [0.15, 0.2) is 47.2 Å². The van der Waals surface area contributed by atoms with Crippen molar-refractivity contribution in [2.75, 3.05) is 19.0 Å². The van der Waals surface area contributed by atoms with Gasteiger partial charge in [0.25, 0.3) is 0 Å². The minimum Gasteiger partial charge on any atom is -0.465 e. The molecule has 0 bridgehead atoms. The highest BCUT2D eigenvalue weighted by Gasteiger charge is 2.13. The fourth-order valence-corrected chi connectivity index (χ4v) is 3.49. The molecule has 1 aromatic heterocycles. The summed E-state index contributed by atoms with van der Waals surface area (Å²) in [6, 6.07) is 9.64. The number of ether oxygens (including phenoxy) is 1. The van der Waals surface area contributed by atoms with Crippen molar-refractivity contribution in [1.29, 1.82) is 0 Å². The van der Waals surface area contributed by atoms with Crippen LogP contribution in [0.3, 0.4) is 0 Å². The first-order valence-electron chi connectivity index (χ1n) is 9.33. The lowest BCUT2D eigenvalue weighted by molar-refractivity contribution is 0.0599. The van der Waals surface area contributed by atoms with Crippen molar-refractivity contribution < 1.29 is 18.3 Å². The predicted octanol–water partition coefficient (Wildman–Crippen LogP) is 5.19. The van der Waals surface area contributed by atoms with Crippen molar-refractivity contribution in [3.63, 3.8) is 0 Å². The van der Waals surface area contributed by atoms with E-state index in [-0.39, 0.29) is 18.0 Å². The molecule has 0 radical (unpaired) electrons. The fourth-order valence-electron chi connectivity index (χ4n) is 3.09. The SMILES string of the molecule is CCc1cc(-c2cc(NCCc3c(F)cc(Br)cc3F)ncn2)ccc1C(=O)OC. The molecule has 3 aromatic rings. The molecule has 0 unspecified atom stereocenters. The number of aryl methyl sites for hydroxylation is 1. The van der Waals surface area contributed by atoms with Crippen LogP contribution in [0.2, 0.25) is 0 Å². The second-order valence-corrected chi connectivity index (χ2v) is 7.45. The average molecular weight is 476 g/mol. The number of hydrogen-bond donors (Lipinski definition) is 1. The normalized spacial score (nSPS) is 10.7. The molecule has 0 atom stereocenters. The van der Waals surface area contributed by atoms with Gasteiger partial charge in [0.15, 0.2) is 0 Å². The number of halogens is 3. The van der Waals surface area contributed by atoms with Crippen molar-refractivity contribution >= 4 is 27.7 Å². The molecule has 30 heavy (non-hydrogen) atoms. The van der Waals surface area contributed by atoms with Gasteiger partial charge in [0.1, 0.15) is 23.8 Å². The largest absolute Gasteiger partial charge is 0.465 e. The molecular formula is C22H20BrF2N3O2. The van der Waals surface area contributed by atoms with E-state index in [0.717, 1.165) is 11.1 Å². The van der Waals surface area contributed by atoms with Crippen molar-refractivity contribution in [2.24, 2.45) is 0 Å². The maximum atomic E-state index is 14.0. The van der Waals surface area contributed by atoms with Crippen LogP contribution in [-0.4, -0.2) is 29.6 Å². The Labute approximate surface area is 181 Å². The lowest BCUT2D eigenvalue weighted by Crippen LogP contribution is -2.09. The summed E-state index contributed by atoms with van der Waals surface area (Å²) in [6.07, 6.45) is 2.25. The van der Waals surface area contributed by atoms with Crippen LogP contribution in [0, 0.1) is 11.6 Å². The predicted molar refractivity (Wildman–Crippen MR) is 114 cm³/mol. The van der Waals surface area contributed by atoms with Crippen LogP contribution in [-0.2, 0) is 17.6 Å². The number of carbonyl (C=O) groups excluding carboxylic acids is 1. The molecule has 0 fully saturated rings. The van der Waals surface area contributed by atoms with Crippen LogP contribution in [0.25, 0.3) is 11.3 Å². The van der Waals surface area contributed by atoms with E-state index in [1.165, 1.54) is 25.6 Å². The lowest BCUT2D eigenvalue weighted by Gasteiger charge is -2.11. The Hall–Kier alpha value is -2.87. The molecule has 0 aliphatic heterocycles. The molecule has 1 heterocycles. The fraction of sp³-hybridized carbons (Fsp3) is 0.227. The Bertz CT molecular complexity index is 1050. The summed E-state index contributed by atoms with van der Waals surface area (Å²) >= 11 is 3.07. The van der Waals surface area contributed by atoms with E-state index in [4.69, 9.17) is 4.74 Å². The number of hydrogen-bond acceptors (Lipinski definition) is 5. The molecule has 2 aromatic carbocycles. The first-order chi connectivity index (χ1) is 14.4. The molecule has 0 aliphatic carbocycles. The van der Waals surface area contributed by atoms with E-state index >= 15 is 0 Å². The average Bonchev–Trinajstić information content (AvgIpc) is 2.74. The number of benzene rings is 2. The Morgan fingerprint density at radius 3 is 2.53 bits per heavy atom. The molecule has 0 saturated heterocycles. The number of nitrogens with one attached hydrogen (secondary N) is 1. The molecule has 156 valence electrons. The maximum absolute atomic E-state index is 14.0.